The van der Waals surface area contributed by atoms with Crippen molar-refractivity contribution < 1.29 is 4.74 Å². The second-order valence-corrected chi connectivity index (χ2v) is 7.41. The monoisotopic (exact) mass is 266 g/mol. The van der Waals surface area contributed by atoms with Crippen molar-refractivity contribution in [1.29, 1.82) is 0 Å². The molecule has 1 N–H and O–H groups in total. The van der Waals surface area contributed by atoms with E-state index in [0.29, 0.717) is 5.41 Å². The van der Waals surface area contributed by atoms with Crippen molar-refractivity contribution in [1.82, 2.24) is 10.2 Å². The smallest absolute Gasteiger partial charge is 0.0547 e. The van der Waals surface area contributed by atoms with E-state index in [0.717, 1.165) is 37.8 Å². The van der Waals surface area contributed by atoms with Crippen molar-refractivity contribution in [3.63, 3.8) is 0 Å². The molecule has 1 saturated carbocycles. The summed E-state index contributed by atoms with van der Waals surface area (Å²) in [5.41, 5.74) is 0.386. The zero-order chi connectivity index (χ0) is 13.3. The molecule has 0 spiro atoms. The fourth-order valence-corrected chi connectivity index (χ4v) is 3.74. The molecule has 3 unspecified atom stereocenters. The standard InChI is InChI=1S/C16H30N2O/c1-13-5-7-18(14(2)9-13)11-16(6-8-19-12-16)10-17-15-3-4-15/h13-15,17H,3-12H2,1-2H3. The zero-order valence-corrected chi connectivity index (χ0v) is 12.7. The minimum absolute atomic E-state index is 0.386. The molecule has 19 heavy (non-hydrogen) atoms. The molecule has 3 aliphatic rings. The lowest BCUT2D eigenvalue weighted by Gasteiger charge is -2.42. The Balaban J connectivity index is 1.57. The number of nitrogens with one attached hydrogen (secondary N) is 1. The fourth-order valence-electron chi connectivity index (χ4n) is 3.74. The Morgan fingerprint density at radius 3 is 2.74 bits per heavy atom. The average Bonchev–Trinajstić information content (AvgIpc) is 3.11. The van der Waals surface area contributed by atoms with Crippen LogP contribution in [0.3, 0.4) is 0 Å². The second-order valence-electron chi connectivity index (χ2n) is 7.41. The van der Waals surface area contributed by atoms with Crippen LogP contribution in [-0.2, 0) is 4.74 Å². The molecular weight excluding hydrogens is 236 g/mol. The molecule has 3 heteroatoms. The van der Waals surface area contributed by atoms with Gasteiger partial charge >= 0.3 is 0 Å². The molecule has 1 aliphatic carbocycles. The van der Waals surface area contributed by atoms with Crippen LogP contribution in [0.25, 0.3) is 0 Å². The van der Waals surface area contributed by atoms with Crippen LogP contribution < -0.4 is 5.32 Å². The Morgan fingerprint density at radius 2 is 2.11 bits per heavy atom. The van der Waals surface area contributed by atoms with Gasteiger partial charge in [0.2, 0.25) is 0 Å². The van der Waals surface area contributed by atoms with Crippen LogP contribution in [0.1, 0.15) is 46.0 Å². The van der Waals surface area contributed by atoms with Gasteiger partial charge in [-0.2, -0.15) is 0 Å². The summed E-state index contributed by atoms with van der Waals surface area (Å²) in [7, 11) is 0. The van der Waals surface area contributed by atoms with Gasteiger partial charge in [0.25, 0.3) is 0 Å². The molecule has 3 nitrogen and oxygen atoms in total. The lowest BCUT2D eigenvalue weighted by Crippen LogP contribution is -2.50. The highest BCUT2D eigenvalue weighted by Gasteiger charge is 2.39. The second kappa shape index (κ2) is 5.71. The van der Waals surface area contributed by atoms with Gasteiger partial charge in [-0.1, -0.05) is 6.92 Å². The maximum atomic E-state index is 5.74. The van der Waals surface area contributed by atoms with Crippen LogP contribution in [0.4, 0.5) is 0 Å². The average molecular weight is 266 g/mol. The van der Waals surface area contributed by atoms with Gasteiger partial charge in [-0.05, 0) is 51.5 Å². The molecule has 3 fully saturated rings. The summed E-state index contributed by atoms with van der Waals surface area (Å²) in [5.74, 6) is 0.909. The summed E-state index contributed by atoms with van der Waals surface area (Å²) in [6.07, 6.45) is 6.75. The highest BCUT2D eigenvalue weighted by atomic mass is 16.5. The van der Waals surface area contributed by atoms with E-state index < -0.39 is 0 Å². The van der Waals surface area contributed by atoms with E-state index in [1.54, 1.807) is 0 Å². The van der Waals surface area contributed by atoms with Crippen molar-refractivity contribution in [2.24, 2.45) is 11.3 Å². The van der Waals surface area contributed by atoms with Crippen LogP contribution in [0, 0.1) is 11.3 Å². The first-order chi connectivity index (χ1) is 9.17. The fraction of sp³-hybridized carbons (Fsp3) is 1.00. The highest BCUT2D eigenvalue weighted by Crippen LogP contribution is 2.33. The van der Waals surface area contributed by atoms with E-state index in [2.05, 4.69) is 24.1 Å². The Kier molecular flexibility index (Phi) is 4.16. The maximum absolute atomic E-state index is 5.74. The van der Waals surface area contributed by atoms with E-state index in [1.165, 1.54) is 45.2 Å². The predicted molar refractivity (Wildman–Crippen MR) is 78.3 cm³/mol. The van der Waals surface area contributed by atoms with Crippen molar-refractivity contribution in [3.8, 4) is 0 Å². The van der Waals surface area contributed by atoms with Crippen molar-refractivity contribution in [2.45, 2.75) is 58.0 Å². The molecule has 3 atom stereocenters. The maximum Gasteiger partial charge on any atom is 0.0547 e. The third kappa shape index (κ3) is 3.50. The first-order valence-electron chi connectivity index (χ1n) is 8.22. The molecule has 110 valence electrons. The lowest BCUT2D eigenvalue weighted by molar-refractivity contribution is 0.0585. The van der Waals surface area contributed by atoms with Gasteiger partial charge in [-0.3, -0.25) is 4.90 Å². The highest BCUT2D eigenvalue weighted by molar-refractivity contribution is 4.93. The number of hydrogen-bond donors (Lipinski definition) is 1. The molecule has 2 aliphatic heterocycles. The zero-order valence-electron chi connectivity index (χ0n) is 12.7. The van der Waals surface area contributed by atoms with Crippen LogP contribution in [0.2, 0.25) is 0 Å². The normalized spacial score (nSPS) is 40.7. The first-order valence-corrected chi connectivity index (χ1v) is 8.22. The van der Waals surface area contributed by atoms with Crippen molar-refractivity contribution >= 4 is 0 Å². The van der Waals surface area contributed by atoms with E-state index in [1.807, 2.05) is 0 Å². The van der Waals surface area contributed by atoms with Gasteiger partial charge in [-0.15, -0.1) is 0 Å². The number of piperidine rings is 1. The molecule has 0 aromatic carbocycles. The number of likely N-dealkylation sites (tertiary alicyclic amines) is 1. The van der Waals surface area contributed by atoms with Crippen LogP contribution in [0.5, 0.6) is 0 Å². The predicted octanol–water partition coefficient (Wildman–Crippen LogP) is 2.27. The van der Waals surface area contributed by atoms with Crippen molar-refractivity contribution in [3.05, 3.63) is 0 Å². The van der Waals surface area contributed by atoms with Crippen molar-refractivity contribution in [2.75, 3.05) is 32.8 Å². The molecule has 0 aromatic heterocycles. The third-order valence-electron chi connectivity index (χ3n) is 5.34. The summed E-state index contributed by atoms with van der Waals surface area (Å²) in [5, 5.41) is 3.75. The molecule has 3 rings (SSSR count). The SMILES string of the molecule is CC1CCN(CC2(CNC3CC3)CCOC2)C(C)C1. The number of hydrogen-bond acceptors (Lipinski definition) is 3. The Hall–Kier alpha value is -0.120. The van der Waals surface area contributed by atoms with Gasteiger partial charge in [0.15, 0.2) is 0 Å². The summed E-state index contributed by atoms with van der Waals surface area (Å²) in [6.45, 7) is 10.4. The minimum atomic E-state index is 0.386. The first kappa shape index (κ1) is 13.8. The van der Waals surface area contributed by atoms with E-state index in [4.69, 9.17) is 4.74 Å². The summed E-state index contributed by atoms with van der Waals surface area (Å²) in [6, 6.07) is 1.57. The van der Waals surface area contributed by atoms with Crippen LogP contribution in [0.15, 0.2) is 0 Å². The number of rotatable bonds is 5. The third-order valence-corrected chi connectivity index (χ3v) is 5.34. The summed E-state index contributed by atoms with van der Waals surface area (Å²) >= 11 is 0. The van der Waals surface area contributed by atoms with E-state index in [-0.39, 0.29) is 0 Å². The quantitative estimate of drug-likeness (QED) is 0.826. The van der Waals surface area contributed by atoms with Crippen LogP contribution >= 0.6 is 0 Å². The number of ether oxygens (including phenoxy) is 1. The van der Waals surface area contributed by atoms with Gasteiger partial charge in [0.05, 0.1) is 6.61 Å². The van der Waals surface area contributed by atoms with Gasteiger partial charge in [-0.25, -0.2) is 0 Å². The van der Waals surface area contributed by atoms with Gasteiger partial charge < -0.3 is 10.1 Å². The van der Waals surface area contributed by atoms with Crippen LogP contribution in [-0.4, -0.2) is 49.8 Å². The Labute approximate surface area is 118 Å². The molecule has 0 amide bonds. The largest absolute Gasteiger partial charge is 0.381 e. The molecule has 0 radical (unpaired) electrons. The molecule has 2 saturated heterocycles. The van der Waals surface area contributed by atoms with Gasteiger partial charge in [0.1, 0.15) is 0 Å². The topological polar surface area (TPSA) is 24.5 Å². The Morgan fingerprint density at radius 1 is 1.26 bits per heavy atom. The Bertz CT molecular complexity index is 297. The molecule has 2 heterocycles. The number of nitrogens with zero attached hydrogens (tertiary/aromatic N) is 1. The lowest BCUT2D eigenvalue weighted by atomic mass is 9.84. The van der Waals surface area contributed by atoms with Gasteiger partial charge in [0, 0.05) is 37.2 Å². The summed E-state index contributed by atoms with van der Waals surface area (Å²) < 4.78 is 5.74. The molecule has 0 aromatic rings. The minimum Gasteiger partial charge on any atom is -0.381 e. The van der Waals surface area contributed by atoms with E-state index in [9.17, 15) is 0 Å². The summed E-state index contributed by atoms with van der Waals surface area (Å²) in [4.78, 5) is 2.73. The molecular formula is C16H30N2O. The van der Waals surface area contributed by atoms with E-state index >= 15 is 0 Å². The molecule has 0 bridgehead atoms.